The molecule has 0 bridgehead atoms. The van der Waals surface area contributed by atoms with Crippen LogP contribution in [0.1, 0.15) is 48.8 Å². The Morgan fingerprint density at radius 1 is 1.30 bits per heavy atom. The first-order valence-corrected chi connectivity index (χ1v) is 8.16. The number of halogens is 1. The standard InChI is InChI=1S/C15H18ClN5O2/c1-8-17-15(23-20-8)11-5-10(22-2)7-21(11)13-6-12(16)18-14(19-13)9-3-4-9/h6,9-11H,3-5,7H2,1-2H3. The van der Waals surface area contributed by atoms with Gasteiger partial charge >= 0.3 is 0 Å². The molecule has 2 atom stereocenters. The molecule has 7 nitrogen and oxygen atoms in total. The summed E-state index contributed by atoms with van der Waals surface area (Å²) in [6.45, 7) is 2.52. The topological polar surface area (TPSA) is 77.2 Å². The molecule has 0 N–H and O–H groups in total. The molecule has 0 radical (unpaired) electrons. The molecule has 0 aromatic carbocycles. The third kappa shape index (κ3) is 2.90. The summed E-state index contributed by atoms with van der Waals surface area (Å²) in [4.78, 5) is 15.6. The van der Waals surface area contributed by atoms with Crippen LogP contribution in [0.3, 0.4) is 0 Å². The van der Waals surface area contributed by atoms with Gasteiger partial charge in [-0.1, -0.05) is 16.8 Å². The second-order valence-corrected chi connectivity index (χ2v) is 6.51. The Labute approximate surface area is 139 Å². The van der Waals surface area contributed by atoms with Gasteiger partial charge in [-0.2, -0.15) is 4.98 Å². The molecule has 122 valence electrons. The van der Waals surface area contributed by atoms with Crippen LogP contribution in [0.25, 0.3) is 0 Å². The van der Waals surface area contributed by atoms with Crippen molar-refractivity contribution >= 4 is 17.4 Å². The second-order valence-electron chi connectivity index (χ2n) is 6.12. The van der Waals surface area contributed by atoms with Crippen LogP contribution in [0.15, 0.2) is 10.6 Å². The van der Waals surface area contributed by atoms with E-state index < -0.39 is 0 Å². The van der Waals surface area contributed by atoms with Crippen LogP contribution in [-0.4, -0.2) is 39.9 Å². The van der Waals surface area contributed by atoms with Gasteiger partial charge in [-0.05, 0) is 19.8 Å². The SMILES string of the molecule is COC1CC(c2nc(C)no2)N(c2cc(Cl)nc(C3CC3)n2)C1. The normalized spacial score (nSPS) is 24.4. The van der Waals surface area contributed by atoms with Crippen molar-refractivity contribution in [3.05, 3.63) is 28.8 Å². The largest absolute Gasteiger partial charge is 0.380 e. The summed E-state index contributed by atoms with van der Waals surface area (Å²) in [5.74, 6) is 3.28. The van der Waals surface area contributed by atoms with E-state index in [9.17, 15) is 0 Å². The smallest absolute Gasteiger partial charge is 0.249 e. The van der Waals surface area contributed by atoms with E-state index >= 15 is 0 Å². The van der Waals surface area contributed by atoms with Gasteiger partial charge < -0.3 is 14.2 Å². The number of anilines is 1. The lowest BCUT2D eigenvalue weighted by atomic mass is 10.2. The molecule has 2 aromatic rings. The summed E-state index contributed by atoms with van der Waals surface area (Å²) in [5.41, 5.74) is 0. The number of ether oxygens (including phenoxy) is 1. The molecule has 3 heterocycles. The molecule has 1 saturated heterocycles. The van der Waals surface area contributed by atoms with E-state index in [0.717, 1.165) is 30.9 Å². The summed E-state index contributed by atoms with van der Waals surface area (Å²) >= 11 is 6.21. The molecule has 2 aliphatic rings. The summed E-state index contributed by atoms with van der Waals surface area (Å²) in [5, 5.41) is 4.37. The third-order valence-corrected chi connectivity index (χ3v) is 4.55. The fourth-order valence-corrected chi connectivity index (χ4v) is 3.18. The van der Waals surface area contributed by atoms with Crippen LogP contribution in [-0.2, 0) is 4.74 Å². The number of hydrogen-bond donors (Lipinski definition) is 0. The highest BCUT2D eigenvalue weighted by Gasteiger charge is 2.38. The minimum Gasteiger partial charge on any atom is -0.380 e. The lowest BCUT2D eigenvalue weighted by molar-refractivity contribution is 0.117. The van der Waals surface area contributed by atoms with Crippen molar-refractivity contribution in [1.82, 2.24) is 20.1 Å². The molecule has 2 aromatic heterocycles. The van der Waals surface area contributed by atoms with E-state index in [-0.39, 0.29) is 12.1 Å². The van der Waals surface area contributed by atoms with Crippen molar-refractivity contribution in [3.63, 3.8) is 0 Å². The van der Waals surface area contributed by atoms with E-state index in [1.807, 2.05) is 6.92 Å². The second kappa shape index (κ2) is 5.72. The zero-order valence-corrected chi connectivity index (χ0v) is 13.8. The Kier molecular flexibility index (Phi) is 3.69. The summed E-state index contributed by atoms with van der Waals surface area (Å²) in [6.07, 6.45) is 3.13. The van der Waals surface area contributed by atoms with Crippen molar-refractivity contribution in [1.29, 1.82) is 0 Å². The number of methoxy groups -OCH3 is 1. The van der Waals surface area contributed by atoms with E-state index in [1.54, 1.807) is 13.2 Å². The number of rotatable bonds is 4. The minimum atomic E-state index is -0.0563. The van der Waals surface area contributed by atoms with Crippen molar-refractivity contribution in [3.8, 4) is 0 Å². The van der Waals surface area contributed by atoms with Gasteiger partial charge in [-0.25, -0.2) is 9.97 Å². The van der Waals surface area contributed by atoms with Crippen LogP contribution >= 0.6 is 11.6 Å². The first-order valence-electron chi connectivity index (χ1n) is 7.78. The first kappa shape index (κ1) is 14.8. The highest BCUT2D eigenvalue weighted by molar-refractivity contribution is 6.29. The quantitative estimate of drug-likeness (QED) is 0.795. The number of aromatic nitrogens is 4. The van der Waals surface area contributed by atoms with Gasteiger partial charge in [0.2, 0.25) is 5.89 Å². The Balaban J connectivity index is 1.69. The molecule has 1 aliphatic carbocycles. The van der Waals surface area contributed by atoms with Crippen LogP contribution in [0.5, 0.6) is 0 Å². The van der Waals surface area contributed by atoms with Crippen LogP contribution in [0, 0.1) is 6.92 Å². The van der Waals surface area contributed by atoms with Crippen LogP contribution in [0.2, 0.25) is 5.15 Å². The van der Waals surface area contributed by atoms with E-state index in [0.29, 0.717) is 29.3 Å². The van der Waals surface area contributed by atoms with Gasteiger partial charge in [-0.3, -0.25) is 0 Å². The predicted molar refractivity (Wildman–Crippen MR) is 83.6 cm³/mol. The predicted octanol–water partition coefficient (Wildman–Crippen LogP) is 2.67. The average Bonchev–Trinajstić information content (AvgIpc) is 3.16. The number of aryl methyl sites for hydroxylation is 1. The Morgan fingerprint density at radius 3 is 2.78 bits per heavy atom. The lowest BCUT2D eigenvalue weighted by Gasteiger charge is -2.23. The van der Waals surface area contributed by atoms with Crippen LogP contribution in [0.4, 0.5) is 5.82 Å². The monoisotopic (exact) mass is 335 g/mol. The summed E-state index contributed by atoms with van der Waals surface area (Å²) < 4.78 is 10.9. The first-order chi connectivity index (χ1) is 11.1. The van der Waals surface area contributed by atoms with Gasteiger partial charge in [0.25, 0.3) is 0 Å². The maximum atomic E-state index is 6.21. The Bertz CT molecular complexity index is 718. The van der Waals surface area contributed by atoms with Crippen molar-refractivity contribution in [2.24, 2.45) is 0 Å². The summed E-state index contributed by atoms with van der Waals surface area (Å²) in [7, 11) is 1.72. The highest BCUT2D eigenvalue weighted by Crippen LogP contribution is 2.41. The molecular formula is C15H18ClN5O2. The van der Waals surface area contributed by atoms with Gasteiger partial charge in [0.15, 0.2) is 5.82 Å². The molecule has 0 amide bonds. The third-order valence-electron chi connectivity index (χ3n) is 4.36. The fourth-order valence-electron chi connectivity index (χ4n) is 3.00. The molecule has 2 unspecified atom stereocenters. The number of hydrogen-bond acceptors (Lipinski definition) is 7. The van der Waals surface area contributed by atoms with Gasteiger partial charge in [0.1, 0.15) is 22.8 Å². The zero-order chi connectivity index (χ0) is 16.0. The molecule has 4 rings (SSSR count). The molecule has 23 heavy (non-hydrogen) atoms. The molecule has 1 aliphatic heterocycles. The van der Waals surface area contributed by atoms with E-state index in [4.69, 9.17) is 25.8 Å². The molecule has 8 heteroatoms. The number of nitrogens with zero attached hydrogens (tertiary/aromatic N) is 5. The molecule has 0 spiro atoms. The van der Waals surface area contributed by atoms with E-state index in [1.165, 1.54) is 0 Å². The average molecular weight is 336 g/mol. The van der Waals surface area contributed by atoms with Gasteiger partial charge in [-0.15, -0.1) is 0 Å². The van der Waals surface area contributed by atoms with Crippen LogP contribution < -0.4 is 4.90 Å². The highest BCUT2D eigenvalue weighted by atomic mass is 35.5. The van der Waals surface area contributed by atoms with E-state index in [2.05, 4.69) is 20.0 Å². The Hall–Kier alpha value is -1.73. The maximum Gasteiger partial charge on any atom is 0.249 e. The Morgan fingerprint density at radius 2 is 2.13 bits per heavy atom. The molecular weight excluding hydrogens is 318 g/mol. The van der Waals surface area contributed by atoms with Gasteiger partial charge in [0, 0.05) is 32.1 Å². The zero-order valence-electron chi connectivity index (χ0n) is 13.1. The fraction of sp³-hybridized carbons (Fsp3) is 0.600. The van der Waals surface area contributed by atoms with Crippen molar-refractivity contribution in [2.45, 2.75) is 44.2 Å². The molecule has 2 fully saturated rings. The lowest BCUT2D eigenvalue weighted by Crippen LogP contribution is -2.26. The van der Waals surface area contributed by atoms with Gasteiger partial charge in [0.05, 0.1) is 6.10 Å². The summed E-state index contributed by atoms with van der Waals surface area (Å²) in [6, 6.07) is 1.74. The van der Waals surface area contributed by atoms with Crippen molar-refractivity contribution < 1.29 is 9.26 Å². The maximum absolute atomic E-state index is 6.21. The minimum absolute atomic E-state index is 0.0563. The molecule has 1 saturated carbocycles. The van der Waals surface area contributed by atoms with Crippen molar-refractivity contribution in [2.75, 3.05) is 18.6 Å².